The summed E-state index contributed by atoms with van der Waals surface area (Å²) in [7, 11) is 0. The van der Waals surface area contributed by atoms with Crippen LogP contribution in [0.25, 0.3) is 0 Å². The number of carbonyl (C=O) groups is 1. The summed E-state index contributed by atoms with van der Waals surface area (Å²) in [6.07, 6.45) is -2.04. The molecule has 0 radical (unpaired) electrons. The summed E-state index contributed by atoms with van der Waals surface area (Å²) < 4.78 is 34.4. The van der Waals surface area contributed by atoms with Crippen LogP contribution >= 0.6 is 0 Å². The highest BCUT2D eigenvalue weighted by atomic mass is 16.9. The molecule has 0 spiro atoms. The van der Waals surface area contributed by atoms with Gasteiger partial charge in [-0.25, -0.2) is 0 Å². The third kappa shape index (κ3) is 2.93. The fraction of sp³-hybridized carbons (Fsp3) is 0.929. The van der Waals surface area contributed by atoms with Crippen molar-refractivity contribution in [1.82, 2.24) is 0 Å². The molecule has 0 aromatic heterocycles. The Morgan fingerprint density at radius 2 is 1.52 bits per heavy atom. The van der Waals surface area contributed by atoms with E-state index in [1.807, 2.05) is 27.7 Å². The summed E-state index contributed by atoms with van der Waals surface area (Å²) in [5, 5.41) is 0. The van der Waals surface area contributed by atoms with Crippen molar-refractivity contribution in [2.75, 3.05) is 6.61 Å². The average Bonchev–Trinajstić information content (AvgIpc) is 2.80. The molecule has 3 saturated heterocycles. The van der Waals surface area contributed by atoms with E-state index in [1.165, 1.54) is 6.92 Å². The van der Waals surface area contributed by atoms with Crippen LogP contribution in [0.15, 0.2) is 0 Å². The first kappa shape index (κ1) is 15.2. The molecule has 21 heavy (non-hydrogen) atoms. The Labute approximate surface area is 123 Å². The van der Waals surface area contributed by atoms with Crippen molar-refractivity contribution in [2.45, 2.75) is 76.9 Å². The highest BCUT2D eigenvalue weighted by molar-refractivity contribution is 5.65. The fourth-order valence-corrected chi connectivity index (χ4v) is 3.03. The predicted octanol–water partition coefficient (Wildman–Crippen LogP) is 0.946. The van der Waals surface area contributed by atoms with Crippen LogP contribution in [0.4, 0.5) is 0 Å². The van der Waals surface area contributed by atoms with Crippen LogP contribution in [0.1, 0.15) is 34.6 Å². The zero-order chi connectivity index (χ0) is 15.4. The maximum Gasteiger partial charge on any atom is 0.302 e. The van der Waals surface area contributed by atoms with Crippen LogP contribution in [0.3, 0.4) is 0 Å². The Balaban J connectivity index is 1.80. The molecule has 3 aliphatic heterocycles. The molecule has 0 bridgehead atoms. The zero-order valence-corrected chi connectivity index (χ0v) is 13.0. The molecule has 7 heteroatoms. The van der Waals surface area contributed by atoms with Gasteiger partial charge in [-0.2, -0.15) is 0 Å². The molecule has 5 atom stereocenters. The fourth-order valence-electron chi connectivity index (χ4n) is 3.03. The number of ether oxygens (including phenoxy) is 6. The van der Waals surface area contributed by atoms with Crippen molar-refractivity contribution in [1.29, 1.82) is 0 Å². The van der Waals surface area contributed by atoms with Gasteiger partial charge >= 0.3 is 5.97 Å². The number of rotatable bonds is 2. The van der Waals surface area contributed by atoms with Gasteiger partial charge in [0, 0.05) is 6.92 Å². The summed E-state index contributed by atoms with van der Waals surface area (Å²) in [5.41, 5.74) is 0. The quantitative estimate of drug-likeness (QED) is 0.703. The van der Waals surface area contributed by atoms with Gasteiger partial charge in [0.1, 0.15) is 31.0 Å². The van der Waals surface area contributed by atoms with Gasteiger partial charge in [-0.05, 0) is 27.7 Å². The van der Waals surface area contributed by atoms with Crippen molar-refractivity contribution in [3.8, 4) is 0 Å². The van der Waals surface area contributed by atoms with Crippen LogP contribution < -0.4 is 0 Å². The summed E-state index contributed by atoms with van der Waals surface area (Å²) in [4.78, 5) is 11.0. The van der Waals surface area contributed by atoms with Crippen LogP contribution in [-0.4, -0.2) is 54.9 Å². The highest BCUT2D eigenvalue weighted by Gasteiger charge is 2.60. The van der Waals surface area contributed by atoms with Crippen LogP contribution in [0.2, 0.25) is 0 Å². The Bertz CT molecular complexity index is 433. The SMILES string of the molecule is CC(=O)OC[C@H]1OC2OC(C)(C)OC2[C@@H]2OC(C)(C)O[C@@H]12. The lowest BCUT2D eigenvalue weighted by molar-refractivity contribution is -0.242. The number of fused-ring (bicyclic) bond motifs is 3. The van der Waals surface area contributed by atoms with Crippen LogP contribution in [0, 0.1) is 0 Å². The molecule has 3 aliphatic rings. The maximum absolute atomic E-state index is 11.0. The lowest BCUT2D eigenvalue weighted by Gasteiger charge is -2.36. The van der Waals surface area contributed by atoms with E-state index in [0.29, 0.717) is 0 Å². The lowest BCUT2D eigenvalue weighted by atomic mass is 9.99. The number of carbonyl (C=O) groups excluding carboxylic acids is 1. The summed E-state index contributed by atoms with van der Waals surface area (Å²) in [6.45, 7) is 8.78. The summed E-state index contributed by atoms with van der Waals surface area (Å²) in [5.74, 6) is -1.84. The third-order valence-electron chi connectivity index (χ3n) is 3.70. The second kappa shape index (κ2) is 4.89. The van der Waals surface area contributed by atoms with Crippen molar-refractivity contribution in [3.05, 3.63) is 0 Å². The van der Waals surface area contributed by atoms with Gasteiger partial charge in [0.25, 0.3) is 0 Å². The molecule has 3 rings (SSSR count). The summed E-state index contributed by atoms with van der Waals surface area (Å²) >= 11 is 0. The normalized spacial score (nSPS) is 43.2. The van der Waals surface area contributed by atoms with Gasteiger partial charge < -0.3 is 28.4 Å². The van der Waals surface area contributed by atoms with Gasteiger partial charge in [-0.1, -0.05) is 0 Å². The van der Waals surface area contributed by atoms with E-state index in [4.69, 9.17) is 28.4 Å². The molecule has 0 aromatic rings. The van der Waals surface area contributed by atoms with Crippen molar-refractivity contribution in [3.63, 3.8) is 0 Å². The first-order chi connectivity index (χ1) is 9.67. The van der Waals surface area contributed by atoms with Gasteiger partial charge in [0.2, 0.25) is 0 Å². The van der Waals surface area contributed by atoms with Gasteiger partial charge in [0.05, 0.1) is 0 Å². The summed E-state index contributed by atoms with van der Waals surface area (Å²) in [6, 6.07) is 0. The average molecular weight is 302 g/mol. The first-order valence-corrected chi connectivity index (χ1v) is 7.17. The van der Waals surface area contributed by atoms with Gasteiger partial charge in [-0.15, -0.1) is 0 Å². The number of hydrogen-bond acceptors (Lipinski definition) is 7. The minimum Gasteiger partial charge on any atom is -0.463 e. The van der Waals surface area contributed by atoms with E-state index >= 15 is 0 Å². The minimum atomic E-state index is -0.744. The predicted molar refractivity (Wildman–Crippen MR) is 69.2 cm³/mol. The van der Waals surface area contributed by atoms with Gasteiger partial charge in [0.15, 0.2) is 17.9 Å². The van der Waals surface area contributed by atoms with E-state index in [0.717, 1.165) is 0 Å². The molecule has 3 fully saturated rings. The Hall–Kier alpha value is -0.730. The standard InChI is InChI=1S/C14H22O7/c1-7(15)16-6-8-9-10(19-13(2,3)18-9)11-12(17-8)21-14(4,5)20-11/h8-12H,6H2,1-5H3/t8-,9+,10-,11?,12?/m1/s1. The van der Waals surface area contributed by atoms with Crippen molar-refractivity contribution >= 4 is 5.97 Å². The maximum atomic E-state index is 11.0. The molecule has 0 aliphatic carbocycles. The molecule has 7 nitrogen and oxygen atoms in total. The highest BCUT2D eigenvalue weighted by Crippen LogP contribution is 2.44. The molecule has 0 aromatic carbocycles. The topological polar surface area (TPSA) is 72.5 Å². The third-order valence-corrected chi connectivity index (χ3v) is 3.70. The molecule has 0 saturated carbocycles. The Morgan fingerprint density at radius 1 is 0.952 bits per heavy atom. The molecular weight excluding hydrogens is 280 g/mol. The molecule has 3 heterocycles. The van der Waals surface area contributed by atoms with E-state index in [9.17, 15) is 4.79 Å². The largest absolute Gasteiger partial charge is 0.463 e. The molecule has 0 N–H and O–H groups in total. The Morgan fingerprint density at radius 3 is 2.19 bits per heavy atom. The smallest absolute Gasteiger partial charge is 0.302 e. The van der Waals surface area contributed by atoms with E-state index in [2.05, 4.69) is 0 Å². The second-order valence-corrected chi connectivity index (χ2v) is 6.51. The molecule has 120 valence electrons. The van der Waals surface area contributed by atoms with Crippen molar-refractivity contribution in [2.24, 2.45) is 0 Å². The van der Waals surface area contributed by atoms with Crippen LogP contribution in [-0.2, 0) is 33.2 Å². The number of hydrogen-bond donors (Lipinski definition) is 0. The van der Waals surface area contributed by atoms with Gasteiger partial charge in [-0.3, -0.25) is 4.79 Å². The monoisotopic (exact) mass is 302 g/mol. The van der Waals surface area contributed by atoms with E-state index < -0.39 is 24.0 Å². The van der Waals surface area contributed by atoms with Crippen molar-refractivity contribution < 1.29 is 33.2 Å². The van der Waals surface area contributed by atoms with Crippen LogP contribution in [0.5, 0.6) is 0 Å². The molecular formula is C14H22O7. The zero-order valence-electron chi connectivity index (χ0n) is 13.0. The molecule has 0 amide bonds. The van der Waals surface area contributed by atoms with E-state index in [1.54, 1.807) is 0 Å². The lowest BCUT2D eigenvalue weighted by Crippen LogP contribution is -2.56. The second-order valence-electron chi connectivity index (χ2n) is 6.51. The Kier molecular flexibility index (Phi) is 3.53. The molecule has 2 unspecified atom stereocenters. The van der Waals surface area contributed by atoms with E-state index in [-0.39, 0.29) is 30.9 Å². The first-order valence-electron chi connectivity index (χ1n) is 7.17. The minimum absolute atomic E-state index is 0.100. The number of esters is 1.